The first kappa shape index (κ1) is 17.0. The molecule has 2 aromatic carbocycles. The molecular weight excluding hydrogens is 338 g/mol. The third-order valence-corrected chi connectivity index (χ3v) is 4.67. The summed E-state index contributed by atoms with van der Waals surface area (Å²) in [5.41, 5.74) is 4.89. The van der Waals surface area contributed by atoms with E-state index in [-0.39, 0.29) is 5.91 Å². The molecule has 0 spiro atoms. The van der Waals surface area contributed by atoms with Crippen LogP contribution in [-0.2, 0) is 20.0 Å². The topological polar surface area (TPSA) is 64.7 Å². The minimum Gasteiger partial charge on any atom is -0.355 e. The van der Waals surface area contributed by atoms with Gasteiger partial charge in [0.05, 0.1) is 17.2 Å². The number of hydrogen-bond donors (Lipinski definition) is 1. The van der Waals surface area contributed by atoms with Crippen LogP contribution in [0.4, 0.5) is 0 Å². The van der Waals surface area contributed by atoms with Crippen LogP contribution in [0.1, 0.15) is 15.9 Å². The molecule has 2 heterocycles. The Labute approximate surface area is 157 Å². The fourth-order valence-electron chi connectivity index (χ4n) is 3.28. The Morgan fingerprint density at radius 1 is 1.11 bits per heavy atom. The van der Waals surface area contributed by atoms with Crippen LogP contribution in [0, 0.1) is 0 Å². The van der Waals surface area contributed by atoms with Crippen molar-refractivity contribution in [1.29, 1.82) is 0 Å². The molecule has 0 aliphatic carbocycles. The van der Waals surface area contributed by atoms with Crippen molar-refractivity contribution in [2.75, 3.05) is 7.05 Å². The molecule has 4 aromatic rings. The molecule has 0 aliphatic rings. The molecule has 1 N–H and O–H groups in total. The summed E-state index contributed by atoms with van der Waals surface area (Å²) in [6.07, 6.45) is 4.81. The highest BCUT2D eigenvalue weighted by Gasteiger charge is 2.13. The van der Waals surface area contributed by atoms with E-state index >= 15 is 0 Å². The first-order chi connectivity index (χ1) is 13.2. The molecule has 6 heteroatoms. The average molecular weight is 359 g/mol. The van der Waals surface area contributed by atoms with Crippen LogP contribution in [0.2, 0.25) is 0 Å². The second-order valence-corrected chi connectivity index (χ2v) is 6.50. The Kier molecular flexibility index (Phi) is 4.46. The SMILES string of the molecule is CNC(=O)c1ccc(-c2nc3ccccc3n2CCc2cnn(C)c2)cc1. The van der Waals surface area contributed by atoms with Gasteiger partial charge < -0.3 is 9.88 Å². The summed E-state index contributed by atoms with van der Waals surface area (Å²) in [5.74, 6) is 0.815. The van der Waals surface area contributed by atoms with Crippen molar-refractivity contribution in [3.8, 4) is 11.4 Å². The highest BCUT2D eigenvalue weighted by molar-refractivity contribution is 5.94. The zero-order valence-corrected chi connectivity index (χ0v) is 15.4. The Bertz CT molecular complexity index is 1090. The lowest BCUT2D eigenvalue weighted by Gasteiger charge is -2.09. The van der Waals surface area contributed by atoms with Gasteiger partial charge in [-0.15, -0.1) is 0 Å². The number of amides is 1. The number of aromatic nitrogens is 4. The predicted octanol–water partition coefficient (Wildman–Crippen LogP) is 3.04. The fraction of sp³-hybridized carbons (Fsp3) is 0.190. The largest absolute Gasteiger partial charge is 0.355 e. The van der Waals surface area contributed by atoms with Gasteiger partial charge in [-0.05, 0) is 36.2 Å². The number of carbonyl (C=O) groups excluding carboxylic acids is 1. The normalized spacial score (nSPS) is 11.0. The van der Waals surface area contributed by atoms with Gasteiger partial charge in [0.15, 0.2) is 0 Å². The zero-order valence-electron chi connectivity index (χ0n) is 15.4. The van der Waals surface area contributed by atoms with Gasteiger partial charge in [0, 0.05) is 38.0 Å². The molecule has 4 rings (SSSR count). The number of carbonyl (C=O) groups is 1. The van der Waals surface area contributed by atoms with Crippen molar-refractivity contribution < 1.29 is 4.79 Å². The summed E-state index contributed by atoms with van der Waals surface area (Å²) >= 11 is 0. The van der Waals surface area contributed by atoms with E-state index in [1.165, 1.54) is 5.56 Å². The molecule has 0 bridgehead atoms. The Balaban J connectivity index is 1.72. The quantitative estimate of drug-likeness (QED) is 0.596. The fourth-order valence-corrected chi connectivity index (χ4v) is 3.28. The highest BCUT2D eigenvalue weighted by Crippen LogP contribution is 2.25. The predicted molar refractivity (Wildman–Crippen MR) is 105 cm³/mol. The van der Waals surface area contributed by atoms with Gasteiger partial charge in [0.2, 0.25) is 0 Å². The third kappa shape index (κ3) is 3.33. The second-order valence-electron chi connectivity index (χ2n) is 6.50. The van der Waals surface area contributed by atoms with Crippen LogP contribution < -0.4 is 5.32 Å². The van der Waals surface area contributed by atoms with Gasteiger partial charge in [0.25, 0.3) is 5.91 Å². The van der Waals surface area contributed by atoms with Crippen molar-refractivity contribution in [2.24, 2.45) is 7.05 Å². The van der Waals surface area contributed by atoms with Crippen LogP contribution in [0.15, 0.2) is 60.9 Å². The number of aryl methyl sites for hydroxylation is 3. The molecule has 1 amide bonds. The molecule has 27 heavy (non-hydrogen) atoms. The van der Waals surface area contributed by atoms with Crippen LogP contribution in [-0.4, -0.2) is 32.3 Å². The number of nitrogens with zero attached hydrogens (tertiary/aromatic N) is 4. The molecule has 0 saturated heterocycles. The molecule has 0 atom stereocenters. The monoisotopic (exact) mass is 359 g/mol. The van der Waals surface area contributed by atoms with Crippen LogP contribution in [0.5, 0.6) is 0 Å². The van der Waals surface area contributed by atoms with Crippen molar-refractivity contribution in [3.05, 3.63) is 72.1 Å². The number of fused-ring (bicyclic) bond motifs is 1. The minimum absolute atomic E-state index is 0.0911. The maximum absolute atomic E-state index is 11.8. The Morgan fingerprint density at radius 2 is 1.89 bits per heavy atom. The Morgan fingerprint density at radius 3 is 2.59 bits per heavy atom. The highest BCUT2D eigenvalue weighted by atomic mass is 16.1. The van der Waals surface area contributed by atoms with Gasteiger partial charge in [-0.3, -0.25) is 9.48 Å². The van der Waals surface area contributed by atoms with E-state index in [0.29, 0.717) is 5.56 Å². The summed E-state index contributed by atoms with van der Waals surface area (Å²) < 4.78 is 4.05. The number of para-hydroxylation sites is 2. The van der Waals surface area contributed by atoms with Gasteiger partial charge in [-0.2, -0.15) is 5.10 Å². The molecular formula is C21H21N5O. The average Bonchev–Trinajstić information content (AvgIpc) is 3.29. The standard InChI is InChI=1S/C21H21N5O/c1-22-21(27)17-9-7-16(8-10-17)20-24-18-5-3-4-6-19(18)26(20)12-11-15-13-23-25(2)14-15/h3-10,13-14H,11-12H2,1-2H3,(H,22,27). The maximum Gasteiger partial charge on any atom is 0.251 e. The Hall–Kier alpha value is -3.41. The number of benzene rings is 2. The van der Waals surface area contributed by atoms with Crippen LogP contribution in [0.25, 0.3) is 22.4 Å². The van der Waals surface area contributed by atoms with Gasteiger partial charge in [-0.1, -0.05) is 24.3 Å². The van der Waals surface area contributed by atoms with E-state index in [1.54, 1.807) is 7.05 Å². The summed E-state index contributed by atoms with van der Waals surface area (Å²) in [7, 11) is 3.56. The molecule has 136 valence electrons. The van der Waals surface area contributed by atoms with E-state index in [9.17, 15) is 4.79 Å². The lowest BCUT2D eigenvalue weighted by atomic mass is 10.1. The van der Waals surface area contributed by atoms with Crippen LogP contribution in [0.3, 0.4) is 0 Å². The van der Waals surface area contributed by atoms with E-state index in [4.69, 9.17) is 4.98 Å². The number of nitrogens with one attached hydrogen (secondary N) is 1. The molecule has 0 saturated carbocycles. The molecule has 2 aromatic heterocycles. The van der Waals surface area contributed by atoms with Crippen molar-refractivity contribution in [3.63, 3.8) is 0 Å². The summed E-state index contributed by atoms with van der Waals surface area (Å²) in [6, 6.07) is 15.7. The number of rotatable bonds is 5. The van der Waals surface area contributed by atoms with Gasteiger partial charge in [-0.25, -0.2) is 4.98 Å². The lowest BCUT2D eigenvalue weighted by molar-refractivity contribution is 0.0963. The van der Waals surface area contributed by atoms with Gasteiger partial charge in [0.1, 0.15) is 5.82 Å². The lowest BCUT2D eigenvalue weighted by Crippen LogP contribution is -2.17. The number of hydrogen-bond acceptors (Lipinski definition) is 3. The van der Waals surface area contributed by atoms with Crippen molar-refractivity contribution in [2.45, 2.75) is 13.0 Å². The summed E-state index contributed by atoms with van der Waals surface area (Å²) in [4.78, 5) is 16.6. The zero-order chi connectivity index (χ0) is 18.8. The molecule has 0 unspecified atom stereocenters. The molecule has 0 fully saturated rings. The number of imidazole rings is 1. The van der Waals surface area contributed by atoms with Gasteiger partial charge >= 0.3 is 0 Å². The van der Waals surface area contributed by atoms with E-state index < -0.39 is 0 Å². The summed E-state index contributed by atoms with van der Waals surface area (Å²) in [6.45, 7) is 0.804. The minimum atomic E-state index is -0.0911. The first-order valence-corrected chi connectivity index (χ1v) is 8.91. The maximum atomic E-state index is 11.8. The van der Waals surface area contributed by atoms with Crippen molar-refractivity contribution in [1.82, 2.24) is 24.6 Å². The van der Waals surface area contributed by atoms with E-state index in [2.05, 4.69) is 21.0 Å². The smallest absolute Gasteiger partial charge is 0.251 e. The third-order valence-electron chi connectivity index (χ3n) is 4.67. The molecule has 6 nitrogen and oxygen atoms in total. The first-order valence-electron chi connectivity index (χ1n) is 8.91. The van der Waals surface area contributed by atoms with E-state index in [0.717, 1.165) is 35.4 Å². The van der Waals surface area contributed by atoms with Crippen molar-refractivity contribution >= 4 is 16.9 Å². The van der Waals surface area contributed by atoms with E-state index in [1.807, 2.05) is 66.6 Å². The van der Waals surface area contributed by atoms with Crippen LogP contribution >= 0.6 is 0 Å². The second kappa shape index (κ2) is 7.07. The molecule has 0 aliphatic heterocycles. The molecule has 0 radical (unpaired) electrons. The summed E-state index contributed by atoms with van der Waals surface area (Å²) in [5, 5.41) is 6.89.